The van der Waals surface area contributed by atoms with E-state index in [9.17, 15) is 0 Å². The van der Waals surface area contributed by atoms with E-state index < -0.39 is 0 Å². The van der Waals surface area contributed by atoms with E-state index in [1.165, 1.54) is 5.56 Å². The van der Waals surface area contributed by atoms with Crippen LogP contribution < -0.4 is 10.1 Å². The Morgan fingerprint density at radius 1 is 1.50 bits per heavy atom. The largest absolute Gasteiger partial charge is 0.489 e. The first-order chi connectivity index (χ1) is 8.51. The maximum absolute atomic E-state index is 6.21. The molecule has 0 saturated heterocycles. The van der Waals surface area contributed by atoms with Crippen LogP contribution in [0.15, 0.2) is 22.7 Å². The van der Waals surface area contributed by atoms with Crippen LogP contribution >= 0.6 is 15.9 Å². The number of halogens is 1. The van der Waals surface area contributed by atoms with E-state index >= 15 is 0 Å². The van der Waals surface area contributed by atoms with Gasteiger partial charge in [0.15, 0.2) is 0 Å². The highest BCUT2D eigenvalue weighted by Crippen LogP contribution is 2.46. The highest BCUT2D eigenvalue weighted by atomic mass is 79.9. The lowest BCUT2D eigenvalue weighted by Gasteiger charge is -2.53. The molecule has 0 spiro atoms. The standard InChI is InChI=1S/C15H22BrNO/c1-5-15(3)13(17-4)9-14(15)18-12-7-6-11(16)8-10(12)2/h6-8,13-14,17H,5,9H2,1-4H3. The van der Waals surface area contributed by atoms with Crippen LogP contribution in [0.25, 0.3) is 0 Å². The monoisotopic (exact) mass is 311 g/mol. The summed E-state index contributed by atoms with van der Waals surface area (Å²) in [5.74, 6) is 1.01. The molecule has 100 valence electrons. The predicted molar refractivity (Wildman–Crippen MR) is 79.2 cm³/mol. The number of ether oxygens (including phenoxy) is 1. The maximum atomic E-state index is 6.21. The van der Waals surface area contributed by atoms with Gasteiger partial charge in [-0.1, -0.05) is 29.8 Å². The summed E-state index contributed by atoms with van der Waals surface area (Å²) in [4.78, 5) is 0. The van der Waals surface area contributed by atoms with Gasteiger partial charge >= 0.3 is 0 Å². The van der Waals surface area contributed by atoms with Crippen LogP contribution in [-0.2, 0) is 0 Å². The molecule has 1 saturated carbocycles. The zero-order valence-corrected chi connectivity index (χ0v) is 13.2. The Morgan fingerprint density at radius 2 is 2.22 bits per heavy atom. The van der Waals surface area contributed by atoms with E-state index in [2.05, 4.69) is 54.2 Å². The Hall–Kier alpha value is -0.540. The van der Waals surface area contributed by atoms with Crippen LogP contribution in [0, 0.1) is 12.3 Å². The molecule has 0 heterocycles. The normalized spacial score (nSPS) is 30.9. The molecule has 1 aliphatic carbocycles. The van der Waals surface area contributed by atoms with E-state index in [4.69, 9.17) is 4.74 Å². The minimum absolute atomic E-state index is 0.244. The summed E-state index contributed by atoms with van der Waals surface area (Å²) in [5.41, 5.74) is 1.43. The molecular weight excluding hydrogens is 290 g/mol. The second-order valence-corrected chi connectivity index (χ2v) is 6.37. The van der Waals surface area contributed by atoms with Gasteiger partial charge in [0.1, 0.15) is 11.9 Å². The fraction of sp³-hybridized carbons (Fsp3) is 0.600. The van der Waals surface area contributed by atoms with Gasteiger partial charge in [0, 0.05) is 22.4 Å². The SMILES string of the molecule is CCC1(C)C(NC)CC1Oc1ccc(Br)cc1C. The van der Waals surface area contributed by atoms with Crippen LogP contribution in [0.5, 0.6) is 5.75 Å². The van der Waals surface area contributed by atoms with E-state index in [0.29, 0.717) is 12.1 Å². The highest BCUT2D eigenvalue weighted by Gasteiger charge is 2.51. The van der Waals surface area contributed by atoms with Crippen molar-refractivity contribution in [1.29, 1.82) is 0 Å². The third-order valence-electron chi connectivity index (χ3n) is 4.50. The molecule has 2 nitrogen and oxygen atoms in total. The van der Waals surface area contributed by atoms with Crippen molar-refractivity contribution in [2.45, 2.75) is 45.8 Å². The molecular formula is C15H22BrNO. The van der Waals surface area contributed by atoms with Gasteiger partial charge in [0.05, 0.1) is 0 Å². The Bertz CT molecular complexity index is 435. The molecule has 1 aromatic carbocycles. The maximum Gasteiger partial charge on any atom is 0.122 e. The van der Waals surface area contributed by atoms with Gasteiger partial charge in [-0.15, -0.1) is 0 Å². The lowest BCUT2D eigenvalue weighted by molar-refractivity contribution is -0.0680. The predicted octanol–water partition coefficient (Wildman–Crippen LogP) is 3.91. The quantitative estimate of drug-likeness (QED) is 0.910. The zero-order valence-electron chi connectivity index (χ0n) is 11.6. The molecule has 1 N–H and O–H groups in total. The molecule has 2 rings (SSSR count). The van der Waals surface area contributed by atoms with Gasteiger partial charge in [0.25, 0.3) is 0 Å². The van der Waals surface area contributed by atoms with Gasteiger partial charge < -0.3 is 10.1 Å². The lowest BCUT2D eigenvalue weighted by Crippen LogP contribution is -2.62. The molecule has 0 radical (unpaired) electrons. The molecule has 0 aromatic heterocycles. The van der Waals surface area contributed by atoms with Crippen molar-refractivity contribution in [1.82, 2.24) is 5.32 Å². The van der Waals surface area contributed by atoms with Gasteiger partial charge in [-0.05, 0) is 44.2 Å². The van der Waals surface area contributed by atoms with Crippen molar-refractivity contribution in [3.05, 3.63) is 28.2 Å². The van der Waals surface area contributed by atoms with E-state index in [-0.39, 0.29) is 5.41 Å². The Balaban J connectivity index is 2.11. The summed E-state index contributed by atoms with van der Waals surface area (Å²) in [5, 5.41) is 3.39. The zero-order chi connectivity index (χ0) is 13.3. The van der Waals surface area contributed by atoms with Gasteiger partial charge in [-0.2, -0.15) is 0 Å². The Labute approximate surface area is 118 Å². The smallest absolute Gasteiger partial charge is 0.122 e. The van der Waals surface area contributed by atoms with E-state index in [1.54, 1.807) is 0 Å². The number of hydrogen-bond donors (Lipinski definition) is 1. The first-order valence-corrected chi connectivity index (χ1v) is 7.40. The number of hydrogen-bond acceptors (Lipinski definition) is 2. The molecule has 1 aliphatic rings. The van der Waals surface area contributed by atoms with Gasteiger partial charge in [-0.3, -0.25) is 0 Å². The average molecular weight is 312 g/mol. The van der Waals surface area contributed by atoms with Crippen molar-refractivity contribution in [2.75, 3.05) is 7.05 Å². The highest BCUT2D eigenvalue weighted by molar-refractivity contribution is 9.10. The topological polar surface area (TPSA) is 21.3 Å². The lowest BCUT2D eigenvalue weighted by atomic mass is 9.61. The van der Waals surface area contributed by atoms with Crippen molar-refractivity contribution in [3.63, 3.8) is 0 Å². The van der Waals surface area contributed by atoms with Gasteiger partial charge in [-0.25, -0.2) is 0 Å². The van der Waals surface area contributed by atoms with E-state index in [0.717, 1.165) is 23.1 Å². The Kier molecular flexibility index (Phi) is 4.02. The van der Waals surface area contributed by atoms with Crippen LogP contribution in [0.3, 0.4) is 0 Å². The second-order valence-electron chi connectivity index (χ2n) is 5.45. The number of benzene rings is 1. The third kappa shape index (κ3) is 2.30. The molecule has 3 atom stereocenters. The van der Waals surface area contributed by atoms with Crippen molar-refractivity contribution in [3.8, 4) is 5.75 Å². The molecule has 0 bridgehead atoms. The number of rotatable bonds is 4. The minimum Gasteiger partial charge on any atom is -0.489 e. The fourth-order valence-corrected chi connectivity index (χ4v) is 3.29. The summed E-state index contributed by atoms with van der Waals surface area (Å²) in [6.45, 7) is 6.66. The van der Waals surface area contributed by atoms with Crippen LogP contribution in [0.2, 0.25) is 0 Å². The summed E-state index contributed by atoms with van der Waals surface area (Å²) in [6.07, 6.45) is 2.55. The second kappa shape index (κ2) is 5.22. The summed E-state index contributed by atoms with van der Waals surface area (Å²) in [7, 11) is 2.04. The first-order valence-electron chi connectivity index (χ1n) is 6.61. The number of nitrogens with one attached hydrogen (secondary N) is 1. The summed E-state index contributed by atoms with van der Waals surface area (Å²) >= 11 is 3.48. The fourth-order valence-electron chi connectivity index (χ4n) is 2.82. The van der Waals surface area contributed by atoms with Crippen LogP contribution in [0.4, 0.5) is 0 Å². The Morgan fingerprint density at radius 3 is 2.78 bits per heavy atom. The molecule has 0 amide bonds. The first kappa shape index (κ1) is 13.9. The van der Waals surface area contributed by atoms with Crippen LogP contribution in [0.1, 0.15) is 32.3 Å². The van der Waals surface area contributed by atoms with E-state index in [1.807, 2.05) is 13.1 Å². The molecule has 3 heteroatoms. The van der Waals surface area contributed by atoms with Crippen molar-refractivity contribution in [2.24, 2.45) is 5.41 Å². The summed E-state index contributed by atoms with van der Waals surface area (Å²) in [6, 6.07) is 6.78. The number of aryl methyl sites for hydroxylation is 1. The van der Waals surface area contributed by atoms with Crippen molar-refractivity contribution >= 4 is 15.9 Å². The summed E-state index contributed by atoms with van der Waals surface area (Å²) < 4.78 is 7.32. The molecule has 0 aliphatic heterocycles. The third-order valence-corrected chi connectivity index (χ3v) is 4.99. The molecule has 1 fully saturated rings. The molecule has 18 heavy (non-hydrogen) atoms. The average Bonchev–Trinajstić information content (AvgIpc) is 2.35. The molecule has 3 unspecified atom stereocenters. The van der Waals surface area contributed by atoms with Crippen LogP contribution in [-0.4, -0.2) is 19.2 Å². The van der Waals surface area contributed by atoms with Crippen molar-refractivity contribution < 1.29 is 4.74 Å². The van der Waals surface area contributed by atoms with Gasteiger partial charge in [0.2, 0.25) is 0 Å². The molecule has 1 aromatic rings. The minimum atomic E-state index is 0.244.